The van der Waals surface area contributed by atoms with E-state index in [0.29, 0.717) is 5.92 Å². The minimum Gasteiger partial charge on any atom is -0.266 e. The van der Waals surface area contributed by atoms with Crippen molar-refractivity contribution in [3.05, 3.63) is 29.6 Å². The Morgan fingerprint density at radius 1 is 1.33 bits per heavy atom. The van der Waals surface area contributed by atoms with Crippen LogP contribution in [0.1, 0.15) is 37.9 Å². The third-order valence-corrected chi connectivity index (χ3v) is 2.61. The molecule has 1 aliphatic rings. The summed E-state index contributed by atoms with van der Waals surface area (Å²) in [5, 5.41) is 0. The van der Waals surface area contributed by atoms with Gasteiger partial charge in [-0.15, -0.1) is 0 Å². The van der Waals surface area contributed by atoms with E-state index in [-0.39, 0.29) is 6.04 Å². The van der Waals surface area contributed by atoms with E-state index in [2.05, 4.69) is 35.7 Å². The van der Waals surface area contributed by atoms with Crippen molar-refractivity contribution in [1.82, 2.24) is 4.98 Å². The van der Waals surface area contributed by atoms with E-state index in [0.717, 1.165) is 11.3 Å². The van der Waals surface area contributed by atoms with Gasteiger partial charge in [0.15, 0.2) is 0 Å². The van der Waals surface area contributed by atoms with E-state index in [1.807, 2.05) is 18.5 Å². The van der Waals surface area contributed by atoms with Crippen molar-refractivity contribution < 1.29 is 0 Å². The summed E-state index contributed by atoms with van der Waals surface area (Å²) < 4.78 is 0. The summed E-state index contributed by atoms with van der Waals surface area (Å²) in [6.45, 7) is 6.35. The topological polar surface area (TPSA) is 37.6 Å². The molecule has 1 atom stereocenters. The molecule has 3 heteroatoms. The highest BCUT2D eigenvalue weighted by atomic mass is 14.9. The van der Waals surface area contributed by atoms with Crippen molar-refractivity contribution in [2.45, 2.75) is 26.8 Å². The average molecular weight is 201 g/mol. The minimum absolute atomic E-state index is 0.169. The van der Waals surface area contributed by atoms with E-state index >= 15 is 0 Å². The molecule has 1 aliphatic heterocycles. The SMILES string of the molecule is CC(C)C1=NC=NC(C)c2ccncc21. The van der Waals surface area contributed by atoms with Crippen molar-refractivity contribution >= 4 is 12.1 Å². The van der Waals surface area contributed by atoms with Gasteiger partial charge in [-0.05, 0) is 24.5 Å². The molecule has 0 N–H and O–H groups in total. The summed E-state index contributed by atoms with van der Waals surface area (Å²) in [5.74, 6) is 0.393. The van der Waals surface area contributed by atoms with Crippen LogP contribution >= 0.6 is 0 Å². The summed E-state index contributed by atoms with van der Waals surface area (Å²) in [6.07, 6.45) is 5.37. The summed E-state index contributed by atoms with van der Waals surface area (Å²) in [5.41, 5.74) is 3.43. The van der Waals surface area contributed by atoms with Crippen LogP contribution < -0.4 is 0 Å². The Labute approximate surface area is 90.0 Å². The molecule has 0 bridgehead atoms. The fourth-order valence-electron chi connectivity index (χ4n) is 1.79. The first kappa shape index (κ1) is 10.0. The molecule has 15 heavy (non-hydrogen) atoms. The molecule has 1 aromatic heterocycles. The van der Waals surface area contributed by atoms with Crippen molar-refractivity contribution in [2.24, 2.45) is 15.9 Å². The lowest BCUT2D eigenvalue weighted by molar-refractivity contribution is 0.817. The molecule has 0 fully saturated rings. The quantitative estimate of drug-likeness (QED) is 0.688. The second-order valence-corrected chi connectivity index (χ2v) is 4.07. The molecule has 0 aromatic carbocycles. The first-order valence-electron chi connectivity index (χ1n) is 5.23. The van der Waals surface area contributed by atoms with Crippen molar-refractivity contribution in [2.75, 3.05) is 0 Å². The fraction of sp³-hybridized carbons (Fsp3) is 0.417. The molecule has 2 heterocycles. The largest absolute Gasteiger partial charge is 0.266 e. The van der Waals surface area contributed by atoms with Crippen LogP contribution in [0.3, 0.4) is 0 Å². The van der Waals surface area contributed by atoms with Crippen LogP contribution in [0.2, 0.25) is 0 Å². The standard InChI is InChI=1S/C12H15N3/c1-8(2)12-11-6-13-5-4-10(11)9(3)14-7-15-12/h4-9H,1-3H3. The van der Waals surface area contributed by atoms with Crippen LogP contribution in [0, 0.1) is 5.92 Å². The molecule has 1 unspecified atom stereocenters. The number of aliphatic imine (C=N–C) groups is 2. The number of hydrogen-bond donors (Lipinski definition) is 0. The molecule has 0 saturated heterocycles. The predicted molar refractivity (Wildman–Crippen MR) is 62.5 cm³/mol. The van der Waals surface area contributed by atoms with Crippen LogP contribution in [0.5, 0.6) is 0 Å². The van der Waals surface area contributed by atoms with Gasteiger partial charge in [-0.3, -0.25) is 9.98 Å². The molecule has 0 amide bonds. The Balaban J connectivity index is 2.58. The highest BCUT2D eigenvalue weighted by molar-refractivity contribution is 6.06. The van der Waals surface area contributed by atoms with Crippen LogP contribution in [-0.2, 0) is 0 Å². The summed E-state index contributed by atoms with van der Waals surface area (Å²) in [4.78, 5) is 12.9. The lowest BCUT2D eigenvalue weighted by Crippen LogP contribution is -2.12. The lowest BCUT2D eigenvalue weighted by Gasteiger charge is -2.13. The minimum atomic E-state index is 0.169. The van der Waals surface area contributed by atoms with Crippen molar-refractivity contribution in [3.63, 3.8) is 0 Å². The normalized spacial score (nSPS) is 19.7. The Morgan fingerprint density at radius 2 is 2.13 bits per heavy atom. The Bertz CT molecular complexity index is 419. The molecule has 0 saturated carbocycles. The van der Waals surface area contributed by atoms with E-state index in [1.54, 1.807) is 6.34 Å². The maximum Gasteiger partial charge on any atom is 0.110 e. The first-order chi connectivity index (χ1) is 7.20. The van der Waals surface area contributed by atoms with Crippen molar-refractivity contribution in [1.29, 1.82) is 0 Å². The van der Waals surface area contributed by atoms with E-state index in [4.69, 9.17) is 0 Å². The monoisotopic (exact) mass is 201 g/mol. The molecule has 2 rings (SSSR count). The molecule has 1 aromatic rings. The van der Waals surface area contributed by atoms with Crippen LogP contribution in [0.15, 0.2) is 28.4 Å². The number of pyridine rings is 1. The lowest BCUT2D eigenvalue weighted by atomic mass is 9.95. The third-order valence-electron chi connectivity index (χ3n) is 2.61. The zero-order chi connectivity index (χ0) is 10.8. The highest BCUT2D eigenvalue weighted by Gasteiger charge is 2.17. The number of fused-ring (bicyclic) bond motifs is 1. The van der Waals surface area contributed by atoms with E-state index < -0.39 is 0 Å². The van der Waals surface area contributed by atoms with Crippen LogP contribution in [0.4, 0.5) is 0 Å². The van der Waals surface area contributed by atoms with Crippen LogP contribution in [-0.4, -0.2) is 17.0 Å². The smallest absolute Gasteiger partial charge is 0.110 e. The number of aromatic nitrogens is 1. The summed E-state index contributed by atoms with van der Waals surface area (Å²) in [7, 11) is 0. The van der Waals surface area contributed by atoms with Gasteiger partial charge in [-0.2, -0.15) is 0 Å². The molecular formula is C12H15N3. The third kappa shape index (κ3) is 1.82. The number of rotatable bonds is 1. The van der Waals surface area contributed by atoms with Gasteiger partial charge in [-0.1, -0.05) is 13.8 Å². The van der Waals surface area contributed by atoms with Gasteiger partial charge in [0.25, 0.3) is 0 Å². The Kier molecular flexibility index (Phi) is 2.62. The molecule has 0 spiro atoms. The van der Waals surface area contributed by atoms with Gasteiger partial charge in [0, 0.05) is 18.0 Å². The fourth-order valence-corrected chi connectivity index (χ4v) is 1.79. The molecule has 3 nitrogen and oxygen atoms in total. The maximum absolute atomic E-state index is 4.40. The van der Waals surface area contributed by atoms with E-state index in [9.17, 15) is 0 Å². The summed E-state index contributed by atoms with van der Waals surface area (Å²) in [6, 6.07) is 2.20. The van der Waals surface area contributed by atoms with E-state index in [1.165, 1.54) is 5.56 Å². The Morgan fingerprint density at radius 3 is 2.87 bits per heavy atom. The first-order valence-corrected chi connectivity index (χ1v) is 5.23. The molecular weight excluding hydrogens is 186 g/mol. The zero-order valence-electron chi connectivity index (χ0n) is 9.31. The molecule has 0 aliphatic carbocycles. The maximum atomic E-state index is 4.40. The Hall–Kier alpha value is -1.51. The second kappa shape index (κ2) is 3.93. The highest BCUT2D eigenvalue weighted by Crippen LogP contribution is 2.24. The number of nitrogens with zero attached hydrogens (tertiary/aromatic N) is 3. The van der Waals surface area contributed by atoms with Gasteiger partial charge < -0.3 is 0 Å². The average Bonchev–Trinajstić information content (AvgIpc) is 2.39. The van der Waals surface area contributed by atoms with Gasteiger partial charge >= 0.3 is 0 Å². The van der Waals surface area contributed by atoms with Gasteiger partial charge in [-0.25, -0.2) is 4.99 Å². The summed E-state index contributed by atoms with van der Waals surface area (Å²) >= 11 is 0. The second-order valence-electron chi connectivity index (χ2n) is 4.07. The molecule has 78 valence electrons. The van der Waals surface area contributed by atoms with Gasteiger partial charge in [0.05, 0.1) is 11.8 Å². The predicted octanol–water partition coefficient (Wildman–Crippen LogP) is 2.63. The molecule has 0 radical (unpaired) electrons. The van der Waals surface area contributed by atoms with Gasteiger partial charge in [0.1, 0.15) is 6.34 Å². The number of hydrogen-bond acceptors (Lipinski definition) is 3. The van der Waals surface area contributed by atoms with Gasteiger partial charge in [0.2, 0.25) is 0 Å². The van der Waals surface area contributed by atoms with Crippen LogP contribution in [0.25, 0.3) is 0 Å². The zero-order valence-corrected chi connectivity index (χ0v) is 9.31. The van der Waals surface area contributed by atoms with Crippen molar-refractivity contribution in [3.8, 4) is 0 Å².